The van der Waals surface area contributed by atoms with Gasteiger partial charge in [-0.05, 0) is 186 Å². The van der Waals surface area contributed by atoms with Gasteiger partial charge in [0.2, 0.25) is 0 Å². The van der Waals surface area contributed by atoms with Crippen LogP contribution in [-0.2, 0) is 29.2 Å². The molecule has 5 N–H and O–H groups in total. The van der Waals surface area contributed by atoms with E-state index >= 15 is 0 Å². The zero-order chi connectivity index (χ0) is 40.4. The summed E-state index contributed by atoms with van der Waals surface area (Å²) < 4.78 is 14.6. The second-order valence-corrected chi connectivity index (χ2v) is 17.7. The molecule has 10 nitrogen and oxygen atoms in total. The van der Waals surface area contributed by atoms with E-state index in [1.807, 2.05) is 42.5 Å². The molecule has 0 unspecified atom stereocenters. The number of hydrogen-bond acceptors (Lipinski definition) is 7. The third kappa shape index (κ3) is 13.5. The zero-order valence-corrected chi connectivity index (χ0v) is 37.8. The van der Waals surface area contributed by atoms with Gasteiger partial charge >= 0.3 is 11.9 Å². The minimum atomic E-state index is -1.11. The van der Waals surface area contributed by atoms with Gasteiger partial charge in [-0.1, -0.05) is 23.2 Å². The Bertz CT molecular complexity index is 2020. The minimum Gasteiger partial charge on any atom is -0.487 e. The fraction of sp³-hybridized carbons (Fsp3) is 0.325. The number of hydrogen-bond donors (Lipinski definition) is 5. The zero-order valence-electron chi connectivity index (χ0n) is 29.9. The maximum absolute atomic E-state index is 12.1. The van der Waals surface area contributed by atoms with Crippen molar-refractivity contribution in [2.75, 3.05) is 17.2 Å². The lowest BCUT2D eigenvalue weighted by Gasteiger charge is -2.27. The van der Waals surface area contributed by atoms with E-state index in [4.69, 9.17) is 42.9 Å². The first-order chi connectivity index (χ1) is 26.7. The second-order valence-electron chi connectivity index (χ2n) is 13.4. The highest BCUT2D eigenvalue weighted by Crippen LogP contribution is 2.37. The lowest BCUT2D eigenvalue weighted by molar-refractivity contribution is -0.137. The number of carboxylic acids is 2. The summed E-state index contributed by atoms with van der Waals surface area (Å²) in [5.74, 6) is -1.18. The van der Waals surface area contributed by atoms with Gasteiger partial charge in [-0.25, -0.2) is 0 Å². The monoisotopic (exact) mass is 1060 g/mol. The topological polar surface area (TPSA) is 146 Å². The summed E-state index contributed by atoms with van der Waals surface area (Å²) in [6.07, 6.45) is 7.84. The molecule has 2 saturated carbocycles. The summed E-state index contributed by atoms with van der Waals surface area (Å²) >= 11 is 26.4. The molecule has 4 aromatic rings. The van der Waals surface area contributed by atoms with Crippen molar-refractivity contribution in [3.05, 3.63) is 111 Å². The van der Waals surface area contributed by atoms with Crippen LogP contribution in [-0.4, -0.2) is 46.7 Å². The Labute approximate surface area is 368 Å². The van der Waals surface area contributed by atoms with Crippen LogP contribution in [0.1, 0.15) is 72.0 Å². The van der Waals surface area contributed by atoms with Crippen molar-refractivity contribution in [3.63, 3.8) is 0 Å². The molecule has 2 aliphatic carbocycles. The number of anilines is 2. The third-order valence-electron chi connectivity index (χ3n) is 8.98. The van der Waals surface area contributed by atoms with E-state index in [2.05, 4.69) is 85.7 Å². The molecule has 0 aliphatic heterocycles. The van der Waals surface area contributed by atoms with Gasteiger partial charge in [0.05, 0.1) is 17.9 Å². The van der Waals surface area contributed by atoms with Crippen LogP contribution in [0.4, 0.5) is 11.4 Å². The van der Waals surface area contributed by atoms with Crippen LogP contribution in [0.5, 0.6) is 11.5 Å². The van der Waals surface area contributed by atoms with Gasteiger partial charge in [-0.3, -0.25) is 14.4 Å². The molecule has 4 aromatic carbocycles. The van der Waals surface area contributed by atoms with E-state index in [-0.39, 0.29) is 6.42 Å². The van der Waals surface area contributed by atoms with Gasteiger partial charge in [0.15, 0.2) is 0 Å². The van der Waals surface area contributed by atoms with Gasteiger partial charge in [0.25, 0.3) is 5.91 Å². The number of nitrogens with one attached hydrogen (secondary N) is 3. The molecule has 16 heteroatoms. The van der Waals surface area contributed by atoms with Crippen LogP contribution in [0.25, 0.3) is 0 Å². The molecule has 0 radical (unpaired) electrons. The molecule has 1 amide bonds. The predicted octanol–water partition coefficient (Wildman–Crippen LogP) is 11.6. The van der Waals surface area contributed by atoms with Crippen molar-refractivity contribution in [1.29, 1.82) is 0 Å². The van der Waals surface area contributed by atoms with Gasteiger partial charge < -0.3 is 35.6 Å². The van der Waals surface area contributed by atoms with Gasteiger partial charge in [-0.15, -0.1) is 0 Å². The molecule has 2 aliphatic rings. The number of aryl methyl sites for hydroxylation is 1. The summed E-state index contributed by atoms with van der Waals surface area (Å²) in [6.45, 7) is 0.228. The highest BCUT2D eigenvalue weighted by Gasteiger charge is 2.19. The largest absolute Gasteiger partial charge is 0.487 e. The van der Waals surface area contributed by atoms with Crippen LogP contribution < -0.4 is 25.4 Å². The molecular weight excluding hydrogens is 1020 g/mol. The molecular formula is C40H39Br4Cl2N3O7. The van der Waals surface area contributed by atoms with Crippen LogP contribution >= 0.6 is 86.9 Å². The van der Waals surface area contributed by atoms with Crippen molar-refractivity contribution in [1.82, 2.24) is 5.32 Å². The maximum Gasteiger partial charge on any atom is 0.322 e. The van der Waals surface area contributed by atoms with E-state index in [1.54, 1.807) is 12.1 Å². The van der Waals surface area contributed by atoms with E-state index < -0.39 is 24.4 Å². The van der Waals surface area contributed by atoms with E-state index in [0.29, 0.717) is 67.8 Å². The Morgan fingerprint density at radius 2 is 1.07 bits per heavy atom. The van der Waals surface area contributed by atoms with Crippen LogP contribution in [0, 0.1) is 0 Å². The fourth-order valence-corrected chi connectivity index (χ4v) is 9.20. The number of carbonyl (C=O) groups is 3. The smallest absolute Gasteiger partial charge is 0.322 e. The minimum absolute atomic E-state index is 0.0956. The summed E-state index contributed by atoms with van der Waals surface area (Å²) in [6, 6.07) is 19.7. The molecule has 0 aromatic heterocycles. The molecule has 0 spiro atoms. The number of ether oxygens (including phenoxy) is 2. The molecule has 298 valence electrons. The van der Waals surface area contributed by atoms with Crippen molar-refractivity contribution in [3.8, 4) is 11.5 Å². The summed E-state index contributed by atoms with van der Waals surface area (Å²) in [5, 5.41) is 28.1. The average Bonchev–Trinajstić information content (AvgIpc) is 3.08. The van der Waals surface area contributed by atoms with Crippen LogP contribution in [0.15, 0.2) is 78.6 Å². The summed E-state index contributed by atoms with van der Waals surface area (Å²) in [7, 11) is 0. The molecule has 2 fully saturated rings. The number of rotatable bonds is 16. The van der Waals surface area contributed by atoms with Gasteiger partial charge in [-0.2, -0.15) is 0 Å². The SMILES string of the molecule is O=C(O)CCc1cc(Br)c(OCc2cc(Cl)cc(NC3CCC3)c2)c(Br)c1.O=C(O)CNC(=O)c1cc(Br)c(OCc2cc(Cl)cc(NC3CCC3)c2)c(Br)c1. The Kier molecular flexibility index (Phi) is 16.6. The van der Waals surface area contributed by atoms with Crippen molar-refractivity contribution < 1.29 is 34.1 Å². The first-order valence-electron chi connectivity index (χ1n) is 17.8. The lowest BCUT2D eigenvalue weighted by atomic mass is 9.93. The quantitative estimate of drug-likeness (QED) is 0.0740. The third-order valence-corrected chi connectivity index (χ3v) is 11.8. The van der Waals surface area contributed by atoms with Crippen LogP contribution in [0.2, 0.25) is 10.0 Å². The lowest BCUT2D eigenvalue weighted by Crippen LogP contribution is -2.29. The van der Waals surface area contributed by atoms with E-state index in [0.717, 1.165) is 37.0 Å². The maximum atomic E-state index is 12.1. The number of aliphatic carboxylic acids is 2. The van der Waals surface area contributed by atoms with Gasteiger partial charge in [0, 0.05) is 45.5 Å². The average molecular weight is 1060 g/mol. The predicted molar refractivity (Wildman–Crippen MR) is 234 cm³/mol. The number of benzene rings is 4. The Hall–Kier alpha value is -3.01. The highest BCUT2D eigenvalue weighted by molar-refractivity contribution is 9.11. The van der Waals surface area contributed by atoms with Crippen molar-refractivity contribution >= 4 is 116 Å². The Morgan fingerprint density at radius 1 is 0.625 bits per heavy atom. The molecule has 0 atom stereocenters. The molecule has 0 heterocycles. The first kappa shape index (κ1) is 44.1. The van der Waals surface area contributed by atoms with E-state index in [1.165, 1.54) is 38.5 Å². The number of halogens is 6. The summed E-state index contributed by atoms with van der Waals surface area (Å²) in [4.78, 5) is 33.4. The molecule has 0 saturated heterocycles. The fourth-order valence-electron chi connectivity index (χ4n) is 5.75. The number of amides is 1. The molecule has 0 bridgehead atoms. The normalized spacial score (nSPS) is 13.7. The van der Waals surface area contributed by atoms with Gasteiger partial charge in [0.1, 0.15) is 31.3 Å². The van der Waals surface area contributed by atoms with Crippen molar-refractivity contribution in [2.45, 2.75) is 76.7 Å². The Balaban J connectivity index is 0.000000215. The standard InChI is InChI=1S/C20H19Br2ClN2O4.C20H20Br2ClNO3/c21-16-6-12(20(28)24-9-18(26)27)7-17(22)19(16)29-10-11-4-13(23)8-15(5-11)25-14-2-1-3-14;21-17-8-12(4-5-19(25)26)9-18(22)20(17)27-11-13-6-14(23)10-16(7-13)24-15-2-1-3-15/h4-8,14,25H,1-3,9-10H2,(H,24,28)(H,26,27);6-10,15,24H,1-5,11H2,(H,25,26). The number of carboxylic acid groups (broad SMARTS) is 2. The molecule has 56 heavy (non-hydrogen) atoms. The molecule has 6 rings (SSSR count). The first-order valence-corrected chi connectivity index (χ1v) is 21.7. The second kappa shape index (κ2) is 21.1. The highest BCUT2D eigenvalue weighted by atomic mass is 79.9. The summed E-state index contributed by atoms with van der Waals surface area (Å²) in [5.41, 5.74) is 5.14. The number of carbonyl (C=O) groups excluding carboxylic acids is 1. The van der Waals surface area contributed by atoms with E-state index in [9.17, 15) is 14.4 Å². The Morgan fingerprint density at radius 3 is 1.46 bits per heavy atom. The van der Waals surface area contributed by atoms with Crippen molar-refractivity contribution in [2.24, 2.45) is 0 Å². The van der Waals surface area contributed by atoms with Crippen LogP contribution in [0.3, 0.4) is 0 Å².